The summed E-state index contributed by atoms with van der Waals surface area (Å²) in [6.45, 7) is 6.38. The summed E-state index contributed by atoms with van der Waals surface area (Å²) in [6.07, 6.45) is 11.3. The lowest BCUT2D eigenvalue weighted by Crippen LogP contribution is -2.47. The highest BCUT2D eigenvalue weighted by Gasteiger charge is 2.38. The summed E-state index contributed by atoms with van der Waals surface area (Å²) in [6, 6.07) is 9.47. The van der Waals surface area contributed by atoms with Crippen LogP contribution in [0.1, 0.15) is 75.0 Å². The van der Waals surface area contributed by atoms with E-state index in [2.05, 4.69) is 49.2 Å². The van der Waals surface area contributed by atoms with Gasteiger partial charge in [0.15, 0.2) is 0 Å². The van der Waals surface area contributed by atoms with Gasteiger partial charge in [-0.1, -0.05) is 56.5 Å². The SMILES string of the molecule is C=CCC1NC2(CCCCC2)CC(C)c2ccccc21. The predicted molar refractivity (Wildman–Crippen MR) is 86.0 cm³/mol. The number of nitrogens with one attached hydrogen (secondary N) is 1. The molecule has 1 N–H and O–H groups in total. The van der Waals surface area contributed by atoms with E-state index in [1.807, 2.05) is 0 Å². The highest BCUT2D eigenvalue weighted by molar-refractivity contribution is 5.35. The molecule has 1 spiro atoms. The van der Waals surface area contributed by atoms with Crippen LogP contribution in [-0.4, -0.2) is 5.54 Å². The molecule has 2 unspecified atom stereocenters. The third kappa shape index (κ3) is 2.56. The minimum absolute atomic E-state index is 0.365. The molecular formula is C19H27N. The lowest BCUT2D eigenvalue weighted by atomic mass is 9.75. The van der Waals surface area contributed by atoms with E-state index in [0.29, 0.717) is 17.5 Å². The highest BCUT2D eigenvalue weighted by atomic mass is 15.0. The van der Waals surface area contributed by atoms with Gasteiger partial charge in [-0.25, -0.2) is 0 Å². The summed E-state index contributed by atoms with van der Waals surface area (Å²) in [4.78, 5) is 0. The zero-order valence-electron chi connectivity index (χ0n) is 12.7. The van der Waals surface area contributed by atoms with Crippen LogP contribution in [0, 0.1) is 0 Å². The quantitative estimate of drug-likeness (QED) is 0.736. The van der Waals surface area contributed by atoms with E-state index in [-0.39, 0.29) is 0 Å². The Hall–Kier alpha value is -1.08. The highest BCUT2D eigenvalue weighted by Crippen LogP contribution is 2.43. The Balaban J connectivity index is 1.98. The number of fused-ring (bicyclic) bond motifs is 1. The van der Waals surface area contributed by atoms with Crippen LogP contribution in [0.5, 0.6) is 0 Å². The summed E-state index contributed by atoms with van der Waals surface area (Å²) in [7, 11) is 0. The van der Waals surface area contributed by atoms with Crippen molar-refractivity contribution in [2.75, 3.05) is 0 Å². The van der Waals surface area contributed by atoms with Gasteiger partial charge in [-0.05, 0) is 42.7 Å². The molecule has 1 heteroatoms. The summed E-state index contributed by atoms with van der Waals surface area (Å²) in [5.41, 5.74) is 3.42. The standard InChI is InChI=1S/C19H27N/c1-3-9-18-17-11-6-5-10-16(17)15(2)14-19(20-18)12-7-4-8-13-19/h3,5-6,10-11,15,18,20H,1,4,7-9,12-14H2,2H3. The molecule has 1 aromatic rings. The van der Waals surface area contributed by atoms with Crippen LogP contribution in [-0.2, 0) is 0 Å². The van der Waals surface area contributed by atoms with Gasteiger partial charge in [-0.3, -0.25) is 0 Å². The van der Waals surface area contributed by atoms with Crippen LogP contribution in [0.15, 0.2) is 36.9 Å². The Morgan fingerprint density at radius 2 is 1.90 bits per heavy atom. The Morgan fingerprint density at radius 1 is 1.20 bits per heavy atom. The van der Waals surface area contributed by atoms with Gasteiger partial charge in [0, 0.05) is 11.6 Å². The molecule has 0 saturated heterocycles. The molecule has 3 rings (SSSR count). The van der Waals surface area contributed by atoms with Gasteiger partial charge in [0.2, 0.25) is 0 Å². The second kappa shape index (κ2) is 5.73. The number of benzene rings is 1. The third-order valence-electron chi connectivity index (χ3n) is 5.29. The molecule has 1 fully saturated rings. The normalized spacial score (nSPS) is 28.6. The van der Waals surface area contributed by atoms with Crippen LogP contribution in [0.3, 0.4) is 0 Å². The maximum Gasteiger partial charge on any atom is 0.0362 e. The molecule has 0 bridgehead atoms. The lowest BCUT2D eigenvalue weighted by Gasteiger charge is -2.40. The molecule has 1 nitrogen and oxygen atoms in total. The number of hydrogen-bond acceptors (Lipinski definition) is 1. The first kappa shape index (κ1) is 13.9. The summed E-state index contributed by atoms with van der Waals surface area (Å²) in [5.74, 6) is 0.659. The average molecular weight is 269 g/mol. The van der Waals surface area contributed by atoms with Crippen molar-refractivity contribution in [3.8, 4) is 0 Å². The maximum atomic E-state index is 4.05. The number of rotatable bonds is 2. The maximum absolute atomic E-state index is 4.05. The first-order valence-electron chi connectivity index (χ1n) is 8.21. The lowest BCUT2D eigenvalue weighted by molar-refractivity contribution is 0.191. The van der Waals surface area contributed by atoms with Crippen LogP contribution in [0.2, 0.25) is 0 Å². The van der Waals surface area contributed by atoms with Crippen molar-refractivity contribution < 1.29 is 0 Å². The molecule has 108 valence electrons. The van der Waals surface area contributed by atoms with E-state index in [4.69, 9.17) is 0 Å². The van der Waals surface area contributed by atoms with Crippen molar-refractivity contribution in [1.29, 1.82) is 0 Å². The Bertz CT molecular complexity index is 470. The van der Waals surface area contributed by atoms with Gasteiger partial charge in [0.25, 0.3) is 0 Å². The van der Waals surface area contributed by atoms with Gasteiger partial charge >= 0.3 is 0 Å². The smallest absolute Gasteiger partial charge is 0.0362 e. The molecule has 0 aromatic heterocycles. The zero-order chi connectivity index (χ0) is 14.0. The Kier molecular flexibility index (Phi) is 3.98. The van der Waals surface area contributed by atoms with Crippen molar-refractivity contribution in [2.24, 2.45) is 0 Å². The van der Waals surface area contributed by atoms with E-state index >= 15 is 0 Å². The molecule has 2 aliphatic rings. The van der Waals surface area contributed by atoms with Gasteiger partial charge in [-0.2, -0.15) is 0 Å². The van der Waals surface area contributed by atoms with E-state index in [1.165, 1.54) is 44.1 Å². The zero-order valence-corrected chi connectivity index (χ0v) is 12.7. The molecule has 1 saturated carbocycles. The van der Waals surface area contributed by atoms with Crippen molar-refractivity contribution in [3.05, 3.63) is 48.0 Å². The van der Waals surface area contributed by atoms with E-state index in [9.17, 15) is 0 Å². The third-order valence-corrected chi connectivity index (χ3v) is 5.29. The molecule has 1 aromatic carbocycles. The van der Waals surface area contributed by atoms with Crippen molar-refractivity contribution >= 4 is 0 Å². The fourth-order valence-electron chi connectivity index (χ4n) is 4.41. The van der Waals surface area contributed by atoms with E-state index < -0.39 is 0 Å². The van der Waals surface area contributed by atoms with Gasteiger partial charge < -0.3 is 5.32 Å². The van der Waals surface area contributed by atoms with Crippen LogP contribution >= 0.6 is 0 Å². The number of hydrogen-bond donors (Lipinski definition) is 1. The molecule has 1 aliphatic carbocycles. The topological polar surface area (TPSA) is 12.0 Å². The molecule has 1 heterocycles. The summed E-state index contributed by atoms with van der Waals surface area (Å²) < 4.78 is 0. The molecular weight excluding hydrogens is 242 g/mol. The second-order valence-electron chi connectivity index (χ2n) is 6.80. The van der Waals surface area contributed by atoms with E-state index in [1.54, 1.807) is 5.56 Å². The largest absolute Gasteiger partial charge is 0.304 e. The van der Waals surface area contributed by atoms with Crippen LogP contribution < -0.4 is 5.32 Å². The fraction of sp³-hybridized carbons (Fsp3) is 0.579. The fourth-order valence-corrected chi connectivity index (χ4v) is 4.41. The van der Waals surface area contributed by atoms with Gasteiger partial charge in [-0.15, -0.1) is 6.58 Å². The molecule has 20 heavy (non-hydrogen) atoms. The molecule has 1 aliphatic heterocycles. The van der Waals surface area contributed by atoms with Crippen LogP contribution in [0.25, 0.3) is 0 Å². The molecule has 0 radical (unpaired) electrons. The van der Waals surface area contributed by atoms with E-state index in [0.717, 1.165) is 6.42 Å². The average Bonchev–Trinajstić information content (AvgIpc) is 2.57. The second-order valence-corrected chi connectivity index (χ2v) is 6.80. The Labute approximate surface area is 123 Å². The predicted octanol–water partition coefficient (Wildman–Crippen LogP) is 5.10. The first-order valence-corrected chi connectivity index (χ1v) is 8.21. The van der Waals surface area contributed by atoms with Gasteiger partial charge in [0.05, 0.1) is 0 Å². The summed E-state index contributed by atoms with van der Waals surface area (Å²) in [5, 5.41) is 4.05. The monoisotopic (exact) mass is 269 g/mol. The molecule has 2 atom stereocenters. The van der Waals surface area contributed by atoms with Crippen molar-refractivity contribution in [2.45, 2.75) is 69.4 Å². The molecule has 0 amide bonds. The minimum atomic E-state index is 0.365. The van der Waals surface area contributed by atoms with Crippen molar-refractivity contribution in [3.63, 3.8) is 0 Å². The summed E-state index contributed by atoms with van der Waals surface area (Å²) >= 11 is 0. The first-order chi connectivity index (χ1) is 9.74. The Morgan fingerprint density at radius 3 is 2.60 bits per heavy atom. The van der Waals surface area contributed by atoms with Crippen molar-refractivity contribution in [1.82, 2.24) is 5.32 Å². The van der Waals surface area contributed by atoms with Crippen LogP contribution in [0.4, 0.5) is 0 Å². The van der Waals surface area contributed by atoms with Gasteiger partial charge in [0.1, 0.15) is 0 Å². The minimum Gasteiger partial charge on any atom is -0.304 e.